The Morgan fingerprint density at radius 1 is 0.462 bits per heavy atom. The number of hydrogen-bond donors (Lipinski definition) is 6. The van der Waals surface area contributed by atoms with Crippen LogP contribution in [0.15, 0.2) is 100 Å². The minimum Gasteiger partial charge on any atom is -0.508 e. The molecule has 3 heterocycles. The van der Waals surface area contributed by atoms with Crippen LogP contribution in [0.2, 0.25) is 0 Å². The number of phenols is 6. The predicted molar refractivity (Wildman–Crippen MR) is 137 cm³/mol. The van der Waals surface area contributed by atoms with Crippen molar-refractivity contribution in [1.29, 1.82) is 0 Å². The molecule has 6 rings (SSSR count). The van der Waals surface area contributed by atoms with E-state index in [4.69, 9.17) is 33.7 Å². The minimum absolute atomic E-state index is 0.00694. The Bertz CT molecular complexity index is 1990. The quantitative estimate of drug-likeness (QED) is 0.122. The maximum Gasteiger partial charge on any atom is 0.336 e. The van der Waals surface area contributed by atoms with Gasteiger partial charge in [-0.2, -0.15) is 0 Å². The zero-order chi connectivity index (χ0) is 28.3. The summed E-state index contributed by atoms with van der Waals surface area (Å²) < 4.78 is 14.2. The molecule has 0 radical (unpaired) electrons. The molecule has 0 saturated heterocycles. The van der Waals surface area contributed by atoms with Gasteiger partial charge in [0.2, 0.25) is 5.75 Å². The van der Waals surface area contributed by atoms with Crippen LogP contribution in [0.4, 0.5) is 0 Å². The highest BCUT2D eigenvalue weighted by Gasteiger charge is 2.07. The van der Waals surface area contributed by atoms with Gasteiger partial charge in [-0.25, -0.2) is 14.4 Å². The second-order valence-corrected chi connectivity index (χ2v) is 7.87. The van der Waals surface area contributed by atoms with E-state index in [0.717, 1.165) is 0 Å². The average Bonchev–Trinajstić information content (AvgIpc) is 2.88. The van der Waals surface area contributed by atoms with E-state index in [0.29, 0.717) is 16.2 Å². The molecule has 0 atom stereocenters. The molecular weight excluding hydrogens is 516 g/mol. The van der Waals surface area contributed by atoms with Crippen LogP contribution in [-0.4, -0.2) is 30.6 Å². The molecule has 39 heavy (non-hydrogen) atoms. The molecular formula is C27H18O12. The van der Waals surface area contributed by atoms with Crippen molar-refractivity contribution >= 4 is 32.9 Å². The lowest BCUT2D eigenvalue weighted by molar-refractivity contribution is 0.397. The number of fused-ring (bicyclic) bond motifs is 3. The standard InChI is InChI=1S/3C9H6O4/c10-6-3-1-5-2-4-7(11)13-9(5)8(6)12;10-5-3-7(11)6-1-2-9(12)13-8(6)4-5;10-6-3-5-1-2-9(12)13-8(5)4-7(6)11/h1-4,10,12H;2*1-4,10-11H. The van der Waals surface area contributed by atoms with Gasteiger partial charge in [-0.15, -0.1) is 0 Å². The van der Waals surface area contributed by atoms with E-state index < -0.39 is 22.6 Å². The summed E-state index contributed by atoms with van der Waals surface area (Å²) in [6.07, 6.45) is 0. The number of hydrogen-bond acceptors (Lipinski definition) is 12. The molecule has 0 aliphatic heterocycles. The first-order valence-corrected chi connectivity index (χ1v) is 10.9. The molecule has 0 spiro atoms. The van der Waals surface area contributed by atoms with E-state index in [-0.39, 0.29) is 45.5 Å². The van der Waals surface area contributed by atoms with E-state index >= 15 is 0 Å². The Hall–Kier alpha value is -5.91. The molecule has 0 unspecified atom stereocenters. The number of rotatable bonds is 0. The fourth-order valence-electron chi connectivity index (χ4n) is 3.34. The topological polar surface area (TPSA) is 212 Å². The van der Waals surface area contributed by atoms with E-state index in [9.17, 15) is 24.6 Å². The van der Waals surface area contributed by atoms with Crippen LogP contribution >= 0.6 is 0 Å². The number of benzene rings is 3. The first-order chi connectivity index (χ1) is 18.5. The highest BCUT2D eigenvalue weighted by molar-refractivity contribution is 5.85. The predicted octanol–water partition coefficient (Wildman–Crippen LogP) is 3.61. The van der Waals surface area contributed by atoms with Gasteiger partial charge < -0.3 is 43.9 Å². The number of phenolic OH excluding ortho intramolecular Hbond substituents is 6. The summed E-state index contributed by atoms with van der Waals surface area (Å²) in [5.41, 5.74) is -1.14. The van der Waals surface area contributed by atoms with Crippen molar-refractivity contribution < 1.29 is 43.9 Å². The minimum atomic E-state index is -0.562. The van der Waals surface area contributed by atoms with Crippen molar-refractivity contribution in [1.82, 2.24) is 0 Å². The summed E-state index contributed by atoms with van der Waals surface area (Å²) in [6.45, 7) is 0. The molecule has 0 amide bonds. The molecule has 3 aromatic carbocycles. The van der Waals surface area contributed by atoms with E-state index in [1.165, 1.54) is 66.7 Å². The van der Waals surface area contributed by atoms with Crippen molar-refractivity contribution in [3.05, 3.63) is 104 Å². The van der Waals surface area contributed by atoms with Gasteiger partial charge in [0.15, 0.2) is 22.8 Å². The summed E-state index contributed by atoms with van der Waals surface area (Å²) in [5, 5.41) is 56.5. The summed E-state index contributed by atoms with van der Waals surface area (Å²) >= 11 is 0. The van der Waals surface area contributed by atoms with Crippen LogP contribution < -0.4 is 16.9 Å². The fourth-order valence-corrected chi connectivity index (χ4v) is 3.34. The highest BCUT2D eigenvalue weighted by atomic mass is 16.4. The van der Waals surface area contributed by atoms with E-state index in [1.54, 1.807) is 6.07 Å². The fraction of sp³-hybridized carbons (Fsp3) is 0. The summed E-state index contributed by atoms with van der Waals surface area (Å²) in [4.78, 5) is 32.3. The summed E-state index contributed by atoms with van der Waals surface area (Å²) in [6, 6.07) is 16.0. The molecule has 6 aromatic rings. The van der Waals surface area contributed by atoms with Gasteiger partial charge in [0.05, 0.1) is 5.39 Å². The van der Waals surface area contributed by atoms with Gasteiger partial charge in [0.25, 0.3) is 0 Å². The first-order valence-electron chi connectivity index (χ1n) is 10.9. The molecule has 12 heteroatoms. The Morgan fingerprint density at radius 2 is 1.03 bits per heavy atom. The van der Waals surface area contributed by atoms with Crippen LogP contribution in [0, 0.1) is 0 Å². The lowest BCUT2D eigenvalue weighted by Gasteiger charge is -1.99. The largest absolute Gasteiger partial charge is 0.508 e. The van der Waals surface area contributed by atoms with Crippen LogP contribution in [0.25, 0.3) is 32.9 Å². The van der Waals surface area contributed by atoms with Crippen LogP contribution in [0.3, 0.4) is 0 Å². The Balaban J connectivity index is 0.000000136. The normalized spacial score (nSPS) is 10.5. The van der Waals surface area contributed by atoms with Crippen molar-refractivity contribution in [3.63, 3.8) is 0 Å². The van der Waals surface area contributed by atoms with Gasteiger partial charge in [-0.1, -0.05) is 0 Å². The molecule has 12 nitrogen and oxygen atoms in total. The van der Waals surface area contributed by atoms with Gasteiger partial charge >= 0.3 is 16.9 Å². The molecule has 0 aliphatic rings. The van der Waals surface area contributed by atoms with Crippen molar-refractivity contribution in [2.45, 2.75) is 0 Å². The molecule has 6 N–H and O–H groups in total. The molecule has 3 aromatic heterocycles. The monoisotopic (exact) mass is 534 g/mol. The number of aromatic hydroxyl groups is 6. The summed E-state index contributed by atoms with van der Waals surface area (Å²) in [7, 11) is 0. The smallest absolute Gasteiger partial charge is 0.336 e. The van der Waals surface area contributed by atoms with Gasteiger partial charge in [0.1, 0.15) is 22.7 Å². The average molecular weight is 534 g/mol. The maximum absolute atomic E-state index is 10.8. The molecule has 198 valence electrons. The second kappa shape index (κ2) is 10.6. The van der Waals surface area contributed by atoms with Crippen LogP contribution in [0.1, 0.15) is 0 Å². The third-order valence-corrected chi connectivity index (χ3v) is 5.16. The van der Waals surface area contributed by atoms with Gasteiger partial charge in [0, 0.05) is 47.2 Å². The molecule has 0 fully saturated rings. The second-order valence-electron chi connectivity index (χ2n) is 7.87. The molecule has 0 saturated carbocycles. The van der Waals surface area contributed by atoms with Gasteiger partial charge in [-0.3, -0.25) is 0 Å². The highest BCUT2D eigenvalue weighted by Crippen LogP contribution is 2.32. The van der Waals surface area contributed by atoms with Crippen molar-refractivity contribution in [2.75, 3.05) is 0 Å². The van der Waals surface area contributed by atoms with Crippen molar-refractivity contribution in [2.24, 2.45) is 0 Å². The van der Waals surface area contributed by atoms with Crippen LogP contribution in [-0.2, 0) is 0 Å². The Labute approximate surface area is 215 Å². The third-order valence-electron chi connectivity index (χ3n) is 5.16. The first kappa shape index (κ1) is 26.2. The van der Waals surface area contributed by atoms with Crippen LogP contribution in [0.5, 0.6) is 34.5 Å². The maximum atomic E-state index is 10.8. The third kappa shape index (κ3) is 5.91. The molecule has 0 bridgehead atoms. The summed E-state index contributed by atoms with van der Waals surface area (Å²) in [5.74, 6) is -1.50. The lowest BCUT2D eigenvalue weighted by atomic mass is 10.2. The zero-order valence-corrected chi connectivity index (χ0v) is 19.6. The zero-order valence-electron chi connectivity index (χ0n) is 19.6. The lowest BCUT2D eigenvalue weighted by Crippen LogP contribution is -1.94. The molecule has 0 aliphatic carbocycles. The Morgan fingerprint density at radius 3 is 1.74 bits per heavy atom. The van der Waals surface area contributed by atoms with E-state index in [1.807, 2.05) is 0 Å². The Kier molecular flexibility index (Phi) is 7.11. The SMILES string of the molecule is O=c1ccc2c(O)cc(O)cc2o1.O=c1ccc2cc(O)c(O)cc2o1.O=c1ccc2ccc(O)c(O)c2o1. The van der Waals surface area contributed by atoms with E-state index in [2.05, 4.69) is 0 Å². The van der Waals surface area contributed by atoms with Gasteiger partial charge in [-0.05, 0) is 36.4 Å². The van der Waals surface area contributed by atoms with Crippen molar-refractivity contribution in [3.8, 4) is 34.5 Å².